The van der Waals surface area contributed by atoms with Gasteiger partial charge in [-0.3, -0.25) is 4.99 Å². The van der Waals surface area contributed by atoms with Gasteiger partial charge in [0.05, 0.1) is 12.1 Å². The molecular formula is C15H23N3. The van der Waals surface area contributed by atoms with E-state index >= 15 is 0 Å². The van der Waals surface area contributed by atoms with Crippen molar-refractivity contribution in [1.29, 1.82) is 0 Å². The van der Waals surface area contributed by atoms with Crippen molar-refractivity contribution < 1.29 is 0 Å². The molecule has 1 aromatic carbocycles. The van der Waals surface area contributed by atoms with Gasteiger partial charge in [0.15, 0.2) is 5.96 Å². The van der Waals surface area contributed by atoms with E-state index in [1.165, 1.54) is 0 Å². The Morgan fingerprint density at radius 1 is 1.17 bits per heavy atom. The predicted molar refractivity (Wildman–Crippen MR) is 78.0 cm³/mol. The van der Waals surface area contributed by atoms with Crippen molar-refractivity contribution in [3.63, 3.8) is 0 Å². The highest BCUT2D eigenvalue weighted by atomic mass is 15.4. The van der Waals surface area contributed by atoms with Crippen LogP contribution >= 0.6 is 0 Å². The molecule has 0 unspecified atom stereocenters. The summed E-state index contributed by atoms with van der Waals surface area (Å²) in [7, 11) is 0. The SMILES string of the molecule is CCCC1(CCC)CN=C(N)N1c1ccccc1. The zero-order chi connectivity index (χ0) is 13.0. The standard InChI is InChI=1S/C15H23N3/c1-3-10-15(11-4-2)12-17-14(16)18(15)13-8-6-5-7-9-13/h5-9H,3-4,10-12H2,1-2H3,(H2,16,17). The molecule has 0 spiro atoms. The van der Waals surface area contributed by atoms with Crippen LogP contribution in [0.1, 0.15) is 39.5 Å². The van der Waals surface area contributed by atoms with Gasteiger partial charge in [0, 0.05) is 5.69 Å². The topological polar surface area (TPSA) is 41.6 Å². The van der Waals surface area contributed by atoms with Gasteiger partial charge >= 0.3 is 0 Å². The first-order chi connectivity index (χ1) is 8.73. The highest BCUT2D eigenvalue weighted by Crippen LogP contribution is 2.35. The summed E-state index contributed by atoms with van der Waals surface area (Å²) >= 11 is 0. The molecule has 0 amide bonds. The maximum atomic E-state index is 6.12. The molecule has 3 nitrogen and oxygen atoms in total. The lowest BCUT2D eigenvalue weighted by atomic mass is 9.87. The molecule has 0 bridgehead atoms. The maximum Gasteiger partial charge on any atom is 0.196 e. The molecule has 0 atom stereocenters. The van der Waals surface area contributed by atoms with Crippen LogP contribution in [-0.2, 0) is 0 Å². The zero-order valence-corrected chi connectivity index (χ0v) is 11.4. The summed E-state index contributed by atoms with van der Waals surface area (Å²) in [5.74, 6) is 0.670. The summed E-state index contributed by atoms with van der Waals surface area (Å²) in [6.45, 7) is 5.29. The van der Waals surface area contributed by atoms with Crippen LogP contribution in [0.3, 0.4) is 0 Å². The van der Waals surface area contributed by atoms with Crippen LogP contribution in [0.2, 0.25) is 0 Å². The van der Waals surface area contributed by atoms with E-state index in [2.05, 4.69) is 48.0 Å². The van der Waals surface area contributed by atoms with E-state index in [9.17, 15) is 0 Å². The van der Waals surface area contributed by atoms with E-state index in [0.717, 1.165) is 37.9 Å². The monoisotopic (exact) mass is 245 g/mol. The molecular weight excluding hydrogens is 222 g/mol. The smallest absolute Gasteiger partial charge is 0.196 e. The van der Waals surface area contributed by atoms with Crippen molar-refractivity contribution in [2.75, 3.05) is 11.4 Å². The lowest BCUT2D eigenvalue weighted by molar-refractivity contribution is 0.384. The first-order valence-corrected chi connectivity index (χ1v) is 6.88. The Morgan fingerprint density at radius 2 is 1.78 bits per heavy atom. The van der Waals surface area contributed by atoms with Gasteiger partial charge < -0.3 is 10.6 Å². The van der Waals surface area contributed by atoms with Gasteiger partial charge in [-0.2, -0.15) is 0 Å². The number of hydrogen-bond acceptors (Lipinski definition) is 3. The zero-order valence-electron chi connectivity index (χ0n) is 11.4. The summed E-state index contributed by atoms with van der Waals surface area (Å²) in [5, 5.41) is 0. The molecule has 2 N–H and O–H groups in total. The van der Waals surface area contributed by atoms with E-state index in [1.54, 1.807) is 0 Å². The lowest BCUT2D eigenvalue weighted by Gasteiger charge is -2.39. The van der Waals surface area contributed by atoms with Crippen LogP contribution in [0.4, 0.5) is 5.69 Å². The van der Waals surface area contributed by atoms with Crippen molar-refractivity contribution in [2.45, 2.75) is 45.1 Å². The summed E-state index contributed by atoms with van der Waals surface area (Å²) in [4.78, 5) is 6.76. The Labute approximate surface area is 110 Å². The van der Waals surface area contributed by atoms with E-state index < -0.39 is 0 Å². The minimum absolute atomic E-state index is 0.0922. The highest BCUT2D eigenvalue weighted by Gasteiger charge is 2.41. The lowest BCUT2D eigenvalue weighted by Crippen LogP contribution is -2.52. The molecule has 0 fully saturated rings. The molecule has 3 heteroatoms. The van der Waals surface area contributed by atoms with Gasteiger partial charge in [-0.1, -0.05) is 44.9 Å². The minimum atomic E-state index is 0.0922. The summed E-state index contributed by atoms with van der Waals surface area (Å²) in [6.07, 6.45) is 4.60. The predicted octanol–water partition coefficient (Wildman–Crippen LogP) is 3.16. The number of benzene rings is 1. The van der Waals surface area contributed by atoms with E-state index in [-0.39, 0.29) is 5.54 Å². The molecule has 1 heterocycles. The quantitative estimate of drug-likeness (QED) is 0.865. The normalized spacial score (nSPS) is 17.9. The molecule has 0 radical (unpaired) electrons. The van der Waals surface area contributed by atoms with Gasteiger partial charge in [0.1, 0.15) is 0 Å². The number of hydrogen-bond donors (Lipinski definition) is 1. The van der Waals surface area contributed by atoms with Crippen molar-refractivity contribution in [3.05, 3.63) is 30.3 Å². The fourth-order valence-corrected chi connectivity index (χ4v) is 3.03. The van der Waals surface area contributed by atoms with E-state index in [4.69, 9.17) is 5.73 Å². The Bertz CT molecular complexity index is 405. The van der Waals surface area contributed by atoms with Crippen molar-refractivity contribution in [3.8, 4) is 0 Å². The Hall–Kier alpha value is -1.51. The molecule has 1 aliphatic heterocycles. The van der Waals surface area contributed by atoms with Gasteiger partial charge in [0.25, 0.3) is 0 Å². The third-order valence-electron chi connectivity index (χ3n) is 3.68. The van der Waals surface area contributed by atoms with Crippen molar-refractivity contribution >= 4 is 11.6 Å². The number of guanidine groups is 1. The van der Waals surface area contributed by atoms with Crippen LogP contribution in [0, 0.1) is 0 Å². The van der Waals surface area contributed by atoms with Crippen LogP contribution in [-0.4, -0.2) is 18.0 Å². The fourth-order valence-electron chi connectivity index (χ4n) is 3.03. The number of aliphatic imine (C=N–C) groups is 1. The molecule has 98 valence electrons. The molecule has 1 aliphatic rings. The molecule has 0 saturated heterocycles. The second-order valence-electron chi connectivity index (χ2n) is 5.07. The summed E-state index contributed by atoms with van der Waals surface area (Å²) in [5.41, 5.74) is 7.38. The average Bonchev–Trinajstić information content (AvgIpc) is 2.69. The van der Waals surface area contributed by atoms with Crippen molar-refractivity contribution in [2.24, 2.45) is 10.7 Å². The van der Waals surface area contributed by atoms with Crippen molar-refractivity contribution in [1.82, 2.24) is 0 Å². The molecule has 0 aromatic heterocycles. The number of nitrogens with two attached hydrogens (primary N) is 1. The average molecular weight is 245 g/mol. The summed E-state index contributed by atoms with van der Waals surface area (Å²) < 4.78 is 0. The Balaban J connectivity index is 2.36. The number of para-hydroxylation sites is 1. The Kier molecular flexibility index (Phi) is 3.90. The van der Waals surface area contributed by atoms with Gasteiger partial charge in [0.2, 0.25) is 0 Å². The molecule has 1 aromatic rings. The van der Waals surface area contributed by atoms with Crippen LogP contribution < -0.4 is 10.6 Å². The number of anilines is 1. The first-order valence-electron chi connectivity index (χ1n) is 6.88. The Morgan fingerprint density at radius 3 is 2.33 bits per heavy atom. The largest absolute Gasteiger partial charge is 0.369 e. The second kappa shape index (κ2) is 5.42. The van der Waals surface area contributed by atoms with Crippen LogP contribution in [0.15, 0.2) is 35.3 Å². The van der Waals surface area contributed by atoms with Gasteiger partial charge in [-0.05, 0) is 25.0 Å². The first kappa shape index (κ1) is 12.9. The second-order valence-corrected chi connectivity index (χ2v) is 5.07. The third-order valence-corrected chi connectivity index (χ3v) is 3.68. The molecule has 0 saturated carbocycles. The third kappa shape index (κ3) is 2.22. The van der Waals surface area contributed by atoms with E-state index in [1.807, 2.05) is 6.07 Å². The highest BCUT2D eigenvalue weighted by molar-refractivity contribution is 5.98. The van der Waals surface area contributed by atoms with Crippen LogP contribution in [0.25, 0.3) is 0 Å². The maximum absolute atomic E-state index is 6.12. The minimum Gasteiger partial charge on any atom is -0.369 e. The summed E-state index contributed by atoms with van der Waals surface area (Å²) in [6, 6.07) is 10.4. The molecule has 18 heavy (non-hydrogen) atoms. The number of nitrogens with zero attached hydrogens (tertiary/aromatic N) is 2. The molecule has 2 rings (SSSR count). The fraction of sp³-hybridized carbons (Fsp3) is 0.533. The molecule has 0 aliphatic carbocycles. The number of rotatable bonds is 5. The van der Waals surface area contributed by atoms with Gasteiger partial charge in [-0.25, -0.2) is 0 Å². The van der Waals surface area contributed by atoms with Gasteiger partial charge in [-0.15, -0.1) is 0 Å². The van der Waals surface area contributed by atoms with Crippen LogP contribution in [0.5, 0.6) is 0 Å². The van der Waals surface area contributed by atoms with E-state index in [0.29, 0.717) is 5.96 Å².